The molecule has 2 N–H and O–H groups in total. The third kappa shape index (κ3) is 7.83. The molecule has 0 spiro atoms. The van der Waals surface area contributed by atoms with E-state index in [1.807, 2.05) is 41.5 Å². The van der Waals surface area contributed by atoms with E-state index < -0.39 is 5.41 Å². The van der Waals surface area contributed by atoms with Crippen LogP contribution in [0.4, 0.5) is 0 Å². The maximum Gasteiger partial charge on any atom is 0.137 e. The molecule has 0 amide bonds. The van der Waals surface area contributed by atoms with Gasteiger partial charge in [0.2, 0.25) is 0 Å². The number of ether oxygens (including phenoxy) is 1. The summed E-state index contributed by atoms with van der Waals surface area (Å²) < 4.78 is 5.70. The molecule has 0 bridgehead atoms. The molecule has 98 valence electrons. The monoisotopic (exact) mass is 231 g/mol. The van der Waals surface area contributed by atoms with Crippen LogP contribution in [-0.2, 0) is 9.53 Å². The van der Waals surface area contributed by atoms with Crippen LogP contribution in [0, 0.1) is 5.41 Å². The lowest BCUT2D eigenvalue weighted by Gasteiger charge is -2.30. The van der Waals surface area contributed by atoms with Gasteiger partial charge in [0.15, 0.2) is 0 Å². The van der Waals surface area contributed by atoms with Crippen LogP contribution in [0.5, 0.6) is 0 Å². The van der Waals surface area contributed by atoms with Gasteiger partial charge in [0.25, 0.3) is 0 Å². The second kappa shape index (κ2) is 7.80. The summed E-state index contributed by atoms with van der Waals surface area (Å²) in [5, 5.41) is 0. The zero-order valence-corrected chi connectivity index (χ0v) is 12.0. The topological polar surface area (TPSA) is 52.3 Å². The molecule has 0 rings (SSSR count). The van der Waals surface area contributed by atoms with Crippen molar-refractivity contribution < 1.29 is 9.53 Å². The van der Waals surface area contributed by atoms with Crippen molar-refractivity contribution in [3.8, 4) is 0 Å². The van der Waals surface area contributed by atoms with Gasteiger partial charge < -0.3 is 10.5 Å². The van der Waals surface area contributed by atoms with Crippen molar-refractivity contribution in [2.24, 2.45) is 11.1 Å². The summed E-state index contributed by atoms with van der Waals surface area (Å²) in [6, 6.07) is 0. The first kappa shape index (κ1) is 18.0. The van der Waals surface area contributed by atoms with E-state index in [2.05, 4.69) is 0 Å². The fourth-order valence-corrected chi connectivity index (χ4v) is 0.897. The molecule has 3 heteroatoms. The van der Waals surface area contributed by atoms with Gasteiger partial charge in [-0.2, -0.15) is 0 Å². The van der Waals surface area contributed by atoms with Crippen molar-refractivity contribution in [2.75, 3.05) is 13.2 Å². The molecule has 0 aliphatic carbocycles. The van der Waals surface area contributed by atoms with E-state index in [0.29, 0.717) is 13.2 Å². The molecule has 0 aliphatic rings. The molecule has 0 aromatic rings. The highest BCUT2D eigenvalue weighted by Crippen LogP contribution is 2.22. The summed E-state index contributed by atoms with van der Waals surface area (Å²) in [4.78, 5) is 11.2. The van der Waals surface area contributed by atoms with Crippen LogP contribution < -0.4 is 5.73 Å². The van der Waals surface area contributed by atoms with Crippen molar-refractivity contribution >= 4 is 5.78 Å². The molecule has 0 aliphatic heterocycles. The Balaban J connectivity index is 0. The lowest BCUT2D eigenvalue weighted by Crippen LogP contribution is -2.35. The van der Waals surface area contributed by atoms with Crippen LogP contribution in [0.2, 0.25) is 0 Å². The Bertz CT molecular complexity index is 198. The molecule has 3 nitrogen and oxygen atoms in total. The molecule has 0 saturated carbocycles. The highest BCUT2D eigenvalue weighted by molar-refractivity contribution is 5.81. The standard InChI is InChI=1S/C11H23NO2.C2H6/c1-9(13)10(2,3)8-14-11(4,5)6-7-12;1-2/h6-8,12H2,1-5H3;1-2H3. The van der Waals surface area contributed by atoms with Crippen LogP contribution in [0.3, 0.4) is 0 Å². The molecular formula is C13H29NO2. The van der Waals surface area contributed by atoms with Gasteiger partial charge in [-0.25, -0.2) is 0 Å². The zero-order chi connectivity index (χ0) is 13.4. The Morgan fingerprint density at radius 2 is 1.62 bits per heavy atom. The predicted octanol–water partition coefficient (Wildman–Crippen LogP) is 2.77. The van der Waals surface area contributed by atoms with E-state index >= 15 is 0 Å². The van der Waals surface area contributed by atoms with Crippen LogP contribution in [0.25, 0.3) is 0 Å². The van der Waals surface area contributed by atoms with Gasteiger partial charge in [-0.3, -0.25) is 4.79 Å². The van der Waals surface area contributed by atoms with E-state index in [1.54, 1.807) is 6.92 Å². The number of Topliss-reactive ketones (excluding diaryl/α,β-unsaturated/α-hetero) is 1. The van der Waals surface area contributed by atoms with Gasteiger partial charge in [0.05, 0.1) is 12.2 Å². The minimum Gasteiger partial charge on any atom is -0.375 e. The fraction of sp³-hybridized carbons (Fsp3) is 0.923. The first-order valence-corrected chi connectivity index (χ1v) is 6.06. The molecule has 0 aromatic carbocycles. The Morgan fingerprint density at radius 3 is 1.94 bits per heavy atom. The second-order valence-corrected chi connectivity index (χ2v) is 5.03. The molecule has 0 radical (unpaired) electrons. The Labute approximate surface area is 101 Å². The highest BCUT2D eigenvalue weighted by Gasteiger charge is 2.27. The summed E-state index contributed by atoms with van der Waals surface area (Å²) in [5.41, 5.74) is 4.84. The molecule has 0 aromatic heterocycles. The van der Waals surface area contributed by atoms with E-state index in [4.69, 9.17) is 10.5 Å². The van der Waals surface area contributed by atoms with Crippen molar-refractivity contribution in [3.05, 3.63) is 0 Å². The van der Waals surface area contributed by atoms with Crippen molar-refractivity contribution in [2.45, 2.75) is 60.5 Å². The first-order chi connectivity index (χ1) is 7.21. The van der Waals surface area contributed by atoms with Gasteiger partial charge in [0, 0.05) is 5.41 Å². The fourth-order valence-electron chi connectivity index (χ4n) is 0.897. The minimum atomic E-state index is -0.397. The Hall–Kier alpha value is -0.410. The van der Waals surface area contributed by atoms with Crippen LogP contribution in [0.15, 0.2) is 0 Å². The summed E-state index contributed by atoms with van der Waals surface area (Å²) in [7, 11) is 0. The van der Waals surface area contributed by atoms with E-state index in [1.165, 1.54) is 0 Å². The molecule has 16 heavy (non-hydrogen) atoms. The van der Waals surface area contributed by atoms with E-state index in [-0.39, 0.29) is 11.4 Å². The van der Waals surface area contributed by atoms with Crippen molar-refractivity contribution in [3.63, 3.8) is 0 Å². The first-order valence-electron chi connectivity index (χ1n) is 6.06. The summed E-state index contributed by atoms with van der Waals surface area (Å²) in [6.45, 7) is 14.4. The predicted molar refractivity (Wildman–Crippen MR) is 69.5 cm³/mol. The van der Waals surface area contributed by atoms with Crippen LogP contribution >= 0.6 is 0 Å². The lowest BCUT2D eigenvalue weighted by molar-refractivity contribution is -0.132. The van der Waals surface area contributed by atoms with E-state index in [0.717, 1.165) is 6.42 Å². The van der Waals surface area contributed by atoms with Gasteiger partial charge in [-0.15, -0.1) is 0 Å². The van der Waals surface area contributed by atoms with Gasteiger partial charge >= 0.3 is 0 Å². The normalized spacial score (nSPS) is 11.8. The second-order valence-electron chi connectivity index (χ2n) is 5.03. The van der Waals surface area contributed by atoms with Gasteiger partial charge in [-0.05, 0) is 33.7 Å². The third-order valence-electron chi connectivity index (χ3n) is 2.52. The molecule has 0 atom stereocenters. The summed E-state index contributed by atoms with van der Waals surface area (Å²) in [5.74, 6) is 0.154. The van der Waals surface area contributed by atoms with Crippen molar-refractivity contribution in [1.29, 1.82) is 0 Å². The number of hydrogen-bond donors (Lipinski definition) is 1. The molecule has 0 fully saturated rings. The maximum absolute atomic E-state index is 11.2. The maximum atomic E-state index is 11.2. The zero-order valence-electron chi connectivity index (χ0n) is 12.0. The number of nitrogens with two attached hydrogens (primary N) is 1. The van der Waals surface area contributed by atoms with Gasteiger partial charge in [-0.1, -0.05) is 27.7 Å². The Morgan fingerprint density at radius 1 is 1.19 bits per heavy atom. The largest absolute Gasteiger partial charge is 0.375 e. The summed E-state index contributed by atoms with van der Waals surface area (Å²) in [6.07, 6.45) is 0.807. The lowest BCUT2D eigenvalue weighted by atomic mass is 9.90. The number of carbonyl (C=O) groups excluding carboxylic acids is 1. The number of rotatable bonds is 6. The number of carbonyl (C=O) groups is 1. The highest BCUT2D eigenvalue weighted by atomic mass is 16.5. The molecular weight excluding hydrogens is 202 g/mol. The smallest absolute Gasteiger partial charge is 0.137 e. The summed E-state index contributed by atoms with van der Waals surface area (Å²) >= 11 is 0. The minimum absolute atomic E-state index is 0.154. The van der Waals surface area contributed by atoms with Gasteiger partial charge in [0.1, 0.15) is 5.78 Å². The number of ketones is 1. The average molecular weight is 231 g/mol. The average Bonchev–Trinajstić information content (AvgIpc) is 2.18. The molecule has 0 saturated heterocycles. The Kier molecular flexibility index (Phi) is 8.76. The van der Waals surface area contributed by atoms with E-state index in [9.17, 15) is 4.79 Å². The molecule has 0 heterocycles. The van der Waals surface area contributed by atoms with Crippen molar-refractivity contribution in [1.82, 2.24) is 0 Å². The quantitative estimate of drug-likeness (QED) is 0.764. The van der Waals surface area contributed by atoms with Crippen LogP contribution in [0.1, 0.15) is 54.9 Å². The molecule has 0 unspecified atom stereocenters. The third-order valence-corrected chi connectivity index (χ3v) is 2.52. The van der Waals surface area contributed by atoms with Crippen LogP contribution in [-0.4, -0.2) is 24.5 Å². The SMILES string of the molecule is CC.CC(=O)C(C)(C)COC(C)(C)CCN. The number of hydrogen-bond acceptors (Lipinski definition) is 3.